The minimum Gasteiger partial charge on any atom is -0.462 e. The second-order valence-electron chi connectivity index (χ2n) is 20.5. The van der Waals surface area contributed by atoms with Crippen molar-refractivity contribution in [3.05, 3.63) is 0 Å². The van der Waals surface area contributed by atoms with Gasteiger partial charge in [0.05, 0.1) is 0 Å². The summed E-state index contributed by atoms with van der Waals surface area (Å²) in [5.41, 5.74) is 0. The van der Waals surface area contributed by atoms with Gasteiger partial charge in [0.25, 0.3) is 0 Å². The first-order chi connectivity index (χ1) is 30.7. The number of carbonyl (C=O) groups is 3. The van der Waals surface area contributed by atoms with Gasteiger partial charge in [-0.05, 0) is 31.1 Å². The van der Waals surface area contributed by atoms with Crippen LogP contribution in [0.15, 0.2) is 0 Å². The molecule has 0 saturated heterocycles. The smallest absolute Gasteiger partial charge is 0.306 e. The molecular weight excluding hydrogens is 781 g/mol. The minimum atomic E-state index is -0.762. The summed E-state index contributed by atoms with van der Waals surface area (Å²) < 4.78 is 16.9. The topological polar surface area (TPSA) is 78.9 Å². The lowest BCUT2D eigenvalue weighted by atomic mass is 10.0. The molecule has 0 aromatic carbocycles. The normalized spacial score (nSPS) is 12.0. The van der Waals surface area contributed by atoms with Crippen LogP contribution in [0.25, 0.3) is 0 Å². The predicted molar refractivity (Wildman–Crippen MR) is 270 cm³/mol. The van der Waals surface area contributed by atoms with Gasteiger partial charge in [-0.15, -0.1) is 0 Å². The summed E-state index contributed by atoms with van der Waals surface area (Å²) in [5, 5.41) is 0. The van der Waals surface area contributed by atoms with E-state index in [2.05, 4.69) is 34.6 Å². The van der Waals surface area contributed by atoms with Gasteiger partial charge in [-0.3, -0.25) is 14.4 Å². The molecule has 0 bridgehead atoms. The summed E-state index contributed by atoms with van der Waals surface area (Å²) in [6.45, 7) is 11.4. The Morgan fingerprint density at radius 2 is 0.524 bits per heavy atom. The second kappa shape index (κ2) is 49.8. The molecule has 6 heteroatoms. The average Bonchev–Trinajstić information content (AvgIpc) is 3.25. The third-order valence-corrected chi connectivity index (χ3v) is 13.0. The molecule has 0 amide bonds. The third-order valence-electron chi connectivity index (χ3n) is 13.0. The standard InChI is InChI=1S/C57H110O6/c1-6-7-8-9-10-11-12-13-14-15-16-23-29-34-39-44-49-57(60)63-54(51-62-56(59)48-43-38-33-28-24-19-21-26-31-36-41-46-53(4)5)50-61-55(58)47-42-37-32-27-22-18-17-20-25-30-35-40-45-52(2)3/h52-54H,6-51H2,1-5H3/t54-/m0/s1. The number of unbranched alkanes of at least 4 members (excludes halogenated alkanes) is 36. The lowest BCUT2D eigenvalue weighted by Crippen LogP contribution is -2.30. The Hall–Kier alpha value is -1.59. The second-order valence-corrected chi connectivity index (χ2v) is 20.5. The summed E-state index contributed by atoms with van der Waals surface area (Å²) in [5.74, 6) is 0.820. The SMILES string of the molecule is CCCCCCCCCCCCCCCCCCC(=O)O[C@@H](COC(=O)CCCCCCCCCCCCCCC(C)C)COC(=O)CCCCCCCCCCCCCC(C)C. The number of carbonyl (C=O) groups excluding carboxylic acids is 3. The monoisotopic (exact) mass is 891 g/mol. The summed E-state index contributed by atoms with van der Waals surface area (Å²) >= 11 is 0. The van der Waals surface area contributed by atoms with E-state index in [0.29, 0.717) is 19.3 Å². The number of hydrogen-bond acceptors (Lipinski definition) is 6. The Labute approximate surface area is 393 Å². The van der Waals surface area contributed by atoms with Crippen molar-refractivity contribution in [2.24, 2.45) is 11.8 Å². The lowest BCUT2D eigenvalue weighted by molar-refractivity contribution is -0.167. The van der Waals surface area contributed by atoms with Crippen LogP contribution in [0.4, 0.5) is 0 Å². The molecule has 0 radical (unpaired) electrons. The highest BCUT2D eigenvalue weighted by Crippen LogP contribution is 2.18. The molecule has 63 heavy (non-hydrogen) atoms. The Kier molecular flexibility index (Phi) is 48.6. The summed E-state index contributed by atoms with van der Waals surface area (Å²) in [6, 6.07) is 0. The molecule has 1 atom stereocenters. The van der Waals surface area contributed by atoms with Crippen molar-refractivity contribution >= 4 is 17.9 Å². The maximum atomic E-state index is 12.8. The van der Waals surface area contributed by atoms with Crippen molar-refractivity contribution in [1.29, 1.82) is 0 Å². The fraction of sp³-hybridized carbons (Fsp3) is 0.947. The molecule has 0 aromatic heterocycles. The summed E-state index contributed by atoms with van der Waals surface area (Å²) in [4.78, 5) is 38.1. The van der Waals surface area contributed by atoms with Crippen molar-refractivity contribution in [3.8, 4) is 0 Å². The Bertz CT molecular complexity index is 962. The van der Waals surface area contributed by atoms with Crippen LogP contribution in [0.3, 0.4) is 0 Å². The first-order valence-electron chi connectivity index (χ1n) is 28.2. The molecule has 0 heterocycles. The zero-order valence-corrected chi connectivity index (χ0v) is 43.2. The fourth-order valence-corrected chi connectivity index (χ4v) is 8.70. The van der Waals surface area contributed by atoms with Gasteiger partial charge in [-0.1, -0.05) is 279 Å². The van der Waals surface area contributed by atoms with Gasteiger partial charge in [0.2, 0.25) is 0 Å². The number of esters is 3. The molecule has 6 nitrogen and oxygen atoms in total. The molecule has 0 aliphatic carbocycles. The molecule has 0 aliphatic rings. The quantitative estimate of drug-likeness (QED) is 0.0344. The fourth-order valence-electron chi connectivity index (χ4n) is 8.70. The van der Waals surface area contributed by atoms with Crippen molar-refractivity contribution in [2.45, 2.75) is 323 Å². The van der Waals surface area contributed by atoms with Crippen LogP contribution in [0, 0.1) is 11.8 Å². The van der Waals surface area contributed by atoms with Crippen LogP contribution in [0.5, 0.6) is 0 Å². The van der Waals surface area contributed by atoms with Crippen molar-refractivity contribution in [3.63, 3.8) is 0 Å². The van der Waals surface area contributed by atoms with Crippen LogP contribution in [0.2, 0.25) is 0 Å². The highest BCUT2D eigenvalue weighted by Gasteiger charge is 2.19. The summed E-state index contributed by atoms with van der Waals surface area (Å²) in [6.07, 6.45) is 52.3. The van der Waals surface area contributed by atoms with Gasteiger partial charge < -0.3 is 14.2 Å². The molecule has 0 rings (SSSR count). The van der Waals surface area contributed by atoms with Crippen LogP contribution < -0.4 is 0 Å². The maximum Gasteiger partial charge on any atom is 0.306 e. The van der Waals surface area contributed by atoms with E-state index in [1.165, 1.54) is 205 Å². The number of rotatable bonds is 51. The van der Waals surface area contributed by atoms with Crippen molar-refractivity contribution < 1.29 is 28.6 Å². The maximum absolute atomic E-state index is 12.8. The Morgan fingerprint density at radius 3 is 0.778 bits per heavy atom. The van der Waals surface area contributed by atoms with Crippen molar-refractivity contribution in [2.75, 3.05) is 13.2 Å². The van der Waals surface area contributed by atoms with E-state index < -0.39 is 6.10 Å². The van der Waals surface area contributed by atoms with Gasteiger partial charge in [0, 0.05) is 19.3 Å². The van der Waals surface area contributed by atoms with E-state index in [1.54, 1.807) is 0 Å². The molecule has 0 saturated carbocycles. The van der Waals surface area contributed by atoms with E-state index in [9.17, 15) is 14.4 Å². The van der Waals surface area contributed by atoms with Gasteiger partial charge >= 0.3 is 17.9 Å². The van der Waals surface area contributed by atoms with E-state index in [-0.39, 0.29) is 31.1 Å². The van der Waals surface area contributed by atoms with Gasteiger partial charge in [0.15, 0.2) is 6.10 Å². The van der Waals surface area contributed by atoms with Crippen LogP contribution in [-0.4, -0.2) is 37.2 Å². The number of hydrogen-bond donors (Lipinski definition) is 0. The molecule has 0 aromatic rings. The summed E-state index contributed by atoms with van der Waals surface area (Å²) in [7, 11) is 0. The van der Waals surface area contributed by atoms with E-state index in [0.717, 1.165) is 69.6 Å². The highest BCUT2D eigenvalue weighted by molar-refractivity contribution is 5.71. The minimum absolute atomic E-state index is 0.0630. The third kappa shape index (κ3) is 51.3. The zero-order chi connectivity index (χ0) is 46.1. The van der Waals surface area contributed by atoms with E-state index >= 15 is 0 Å². The van der Waals surface area contributed by atoms with Gasteiger partial charge in [0.1, 0.15) is 13.2 Å². The first-order valence-corrected chi connectivity index (χ1v) is 28.2. The molecule has 0 fully saturated rings. The van der Waals surface area contributed by atoms with Crippen molar-refractivity contribution in [1.82, 2.24) is 0 Å². The molecule has 0 aliphatic heterocycles. The predicted octanol–water partition coefficient (Wildman–Crippen LogP) is 18.5. The van der Waals surface area contributed by atoms with Crippen LogP contribution in [-0.2, 0) is 28.6 Å². The van der Waals surface area contributed by atoms with Gasteiger partial charge in [-0.25, -0.2) is 0 Å². The molecule has 0 spiro atoms. The lowest BCUT2D eigenvalue weighted by Gasteiger charge is -2.18. The van der Waals surface area contributed by atoms with E-state index in [1.807, 2.05) is 0 Å². The zero-order valence-electron chi connectivity index (χ0n) is 43.2. The van der Waals surface area contributed by atoms with Crippen LogP contribution in [0.1, 0.15) is 317 Å². The average molecular weight is 892 g/mol. The molecule has 374 valence electrons. The number of ether oxygens (including phenoxy) is 3. The largest absolute Gasteiger partial charge is 0.462 e. The Balaban J connectivity index is 4.31. The highest BCUT2D eigenvalue weighted by atomic mass is 16.6. The molecular formula is C57H110O6. The van der Waals surface area contributed by atoms with E-state index in [4.69, 9.17) is 14.2 Å². The van der Waals surface area contributed by atoms with Gasteiger partial charge in [-0.2, -0.15) is 0 Å². The Morgan fingerprint density at radius 1 is 0.302 bits per heavy atom. The molecule has 0 unspecified atom stereocenters. The van der Waals surface area contributed by atoms with Crippen LogP contribution >= 0.6 is 0 Å². The molecule has 0 N–H and O–H groups in total. The first kappa shape index (κ1) is 61.4.